The van der Waals surface area contributed by atoms with Crippen LogP contribution in [0.25, 0.3) is 21.9 Å². The predicted molar refractivity (Wildman–Crippen MR) is 136 cm³/mol. The number of hydrogen-bond acceptors (Lipinski definition) is 5. The Bertz CT molecular complexity index is 1510. The molecule has 2 amide bonds. The molecule has 0 fully saturated rings. The van der Waals surface area contributed by atoms with Gasteiger partial charge in [-0.2, -0.15) is 5.26 Å². The maximum atomic E-state index is 13.2. The van der Waals surface area contributed by atoms with Gasteiger partial charge >= 0.3 is 5.69 Å². The third-order valence-electron chi connectivity index (χ3n) is 5.94. The fourth-order valence-electron chi connectivity index (χ4n) is 4.23. The molecule has 0 radical (unpaired) electrons. The molecule has 0 saturated carbocycles. The van der Waals surface area contributed by atoms with Crippen molar-refractivity contribution in [1.29, 1.82) is 5.26 Å². The van der Waals surface area contributed by atoms with Gasteiger partial charge in [0, 0.05) is 10.9 Å². The van der Waals surface area contributed by atoms with Gasteiger partial charge in [-0.15, -0.1) is 0 Å². The smallest absolute Gasteiger partial charge is 0.326 e. The number of amides is 2. The summed E-state index contributed by atoms with van der Waals surface area (Å²) in [6.45, 7) is 3.84. The molecule has 4 aromatic rings. The molecule has 4 rings (SSSR count). The Morgan fingerprint density at radius 1 is 1.08 bits per heavy atom. The van der Waals surface area contributed by atoms with E-state index in [1.165, 1.54) is 4.57 Å². The Labute approximate surface area is 207 Å². The number of hydrogen-bond donors (Lipinski definition) is 4. The number of aromatic amines is 2. The van der Waals surface area contributed by atoms with Crippen LogP contribution in [0.5, 0.6) is 5.75 Å². The maximum Gasteiger partial charge on any atom is 0.326 e. The second kappa shape index (κ2) is 10.4. The van der Waals surface area contributed by atoms with Crippen LogP contribution in [0.2, 0.25) is 0 Å². The van der Waals surface area contributed by atoms with Crippen molar-refractivity contribution in [3.63, 3.8) is 0 Å². The van der Waals surface area contributed by atoms with Crippen LogP contribution in [0.1, 0.15) is 30.8 Å². The fraction of sp³-hybridized carbons (Fsp3) is 0.308. The van der Waals surface area contributed by atoms with E-state index < -0.39 is 23.9 Å². The van der Waals surface area contributed by atoms with Gasteiger partial charge in [-0.25, -0.2) is 4.79 Å². The second-order valence-corrected chi connectivity index (χ2v) is 9.01. The molecule has 2 atom stereocenters. The number of nitrogens with one attached hydrogen (secondary N) is 4. The van der Waals surface area contributed by atoms with Crippen molar-refractivity contribution >= 4 is 33.8 Å². The first kappa shape index (κ1) is 24.6. The summed E-state index contributed by atoms with van der Waals surface area (Å²) in [5, 5.41) is 15.9. The van der Waals surface area contributed by atoms with Crippen molar-refractivity contribution in [1.82, 2.24) is 25.2 Å². The van der Waals surface area contributed by atoms with Gasteiger partial charge < -0.3 is 25.3 Å². The quantitative estimate of drug-likeness (QED) is 0.286. The number of carbonyl (C=O) groups is 2. The molecule has 2 aromatic carbocycles. The van der Waals surface area contributed by atoms with Crippen LogP contribution in [-0.2, 0) is 11.3 Å². The van der Waals surface area contributed by atoms with Gasteiger partial charge in [0.25, 0.3) is 5.91 Å². The molecule has 36 heavy (non-hydrogen) atoms. The zero-order valence-electron chi connectivity index (χ0n) is 20.3. The molecule has 10 nitrogen and oxygen atoms in total. The minimum absolute atomic E-state index is 0.0325. The van der Waals surface area contributed by atoms with E-state index >= 15 is 0 Å². The van der Waals surface area contributed by atoms with Crippen molar-refractivity contribution in [2.24, 2.45) is 5.92 Å². The molecule has 2 unspecified atom stereocenters. The number of H-pyrrole nitrogens is 2. The molecule has 0 saturated heterocycles. The third-order valence-corrected chi connectivity index (χ3v) is 5.94. The predicted octanol–water partition coefficient (Wildman–Crippen LogP) is 2.67. The van der Waals surface area contributed by atoms with E-state index in [1.54, 1.807) is 43.5 Å². The minimum Gasteiger partial charge on any atom is -0.496 e. The summed E-state index contributed by atoms with van der Waals surface area (Å²) in [6, 6.07) is 14.4. The first-order chi connectivity index (χ1) is 17.3. The van der Waals surface area contributed by atoms with Crippen molar-refractivity contribution in [2.75, 3.05) is 7.11 Å². The van der Waals surface area contributed by atoms with Crippen molar-refractivity contribution in [3.8, 4) is 11.8 Å². The lowest BCUT2D eigenvalue weighted by atomic mass is 10.0. The monoisotopic (exact) mass is 488 g/mol. The van der Waals surface area contributed by atoms with E-state index in [1.807, 2.05) is 32.0 Å². The van der Waals surface area contributed by atoms with Gasteiger partial charge in [-0.3, -0.25) is 14.2 Å². The standard InChI is InChI=1S/C26H28N6O4/c1-15(2)11-20(30-25(34)21-12-17-18(29-21)8-6-10-23(17)36-3)24(33)28-16(13-27)14-32-22-9-5-4-7-19(22)31-26(32)35/h4-10,12,15-16,20,29H,11,14H2,1-3H3,(H,28,33)(H,30,34)(H,31,35). The lowest BCUT2D eigenvalue weighted by molar-refractivity contribution is -0.123. The molecular weight excluding hydrogens is 460 g/mol. The number of rotatable bonds is 9. The summed E-state index contributed by atoms with van der Waals surface area (Å²) in [5.74, 6) is -0.218. The summed E-state index contributed by atoms with van der Waals surface area (Å²) in [6.07, 6.45) is 0.367. The molecule has 0 aliphatic heterocycles. The van der Waals surface area contributed by atoms with Crippen LogP contribution in [0.4, 0.5) is 0 Å². The van der Waals surface area contributed by atoms with Gasteiger partial charge in [0.1, 0.15) is 23.5 Å². The average Bonchev–Trinajstić information content (AvgIpc) is 3.43. The fourth-order valence-corrected chi connectivity index (χ4v) is 4.23. The summed E-state index contributed by atoms with van der Waals surface area (Å²) >= 11 is 0. The first-order valence-corrected chi connectivity index (χ1v) is 11.6. The highest BCUT2D eigenvalue weighted by atomic mass is 16.5. The first-order valence-electron chi connectivity index (χ1n) is 11.6. The van der Waals surface area contributed by atoms with Gasteiger partial charge in [0.05, 0.1) is 30.8 Å². The maximum absolute atomic E-state index is 13.2. The number of nitriles is 1. The Morgan fingerprint density at radius 2 is 1.83 bits per heavy atom. The van der Waals surface area contributed by atoms with Crippen LogP contribution in [0.15, 0.2) is 53.3 Å². The highest BCUT2D eigenvalue weighted by molar-refractivity contribution is 6.01. The number of ether oxygens (including phenoxy) is 1. The van der Waals surface area contributed by atoms with Gasteiger partial charge in [-0.1, -0.05) is 32.0 Å². The average molecular weight is 489 g/mol. The largest absolute Gasteiger partial charge is 0.496 e. The summed E-state index contributed by atoms with van der Waals surface area (Å²) < 4.78 is 6.77. The topological polar surface area (TPSA) is 145 Å². The zero-order chi connectivity index (χ0) is 25.8. The number of benzene rings is 2. The number of imidazole rings is 1. The van der Waals surface area contributed by atoms with Crippen LogP contribution in [-0.4, -0.2) is 45.5 Å². The zero-order valence-corrected chi connectivity index (χ0v) is 20.3. The molecule has 2 heterocycles. The van der Waals surface area contributed by atoms with Gasteiger partial charge in [-0.05, 0) is 42.7 Å². The highest BCUT2D eigenvalue weighted by Gasteiger charge is 2.26. The number of fused-ring (bicyclic) bond motifs is 2. The van der Waals surface area contributed by atoms with Crippen LogP contribution in [0, 0.1) is 17.2 Å². The van der Waals surface area contributed by atoms with Crippen LogP contribution in [0.3, 0.4) is 0 Å². The van der Waals surface area contributed by atoms with E-state index in [9.17, 15) is 19.6 Å². The third kappa shape index (κ3) is 5.10. The van der Waals surface area contributed by atoms with Crippen molar-refractivity contribution in [2.45, 2.75) is 38.9 Å². The number of aromatic nitrogens is 3. The van der Waals surface area contributed by atoms with Crippen molar-refractivity contribution in [3.05, 3.63) is 64.7 Å². The van der Waals surface area contributed by atoms with Crippen LogP contribution >= 0.6 is 0 Å². The van der Waals surface area contributed by atoms with E-state index in [0.717, 1.165) is 10.9 Å². The molecule has 0 aliphatic rings. The highest BCUT2D eigenvalue weighted by Crippen LogP contribution is 2.26. The second-order valence-electron chi connectivity index (χ2n) is 9.01. The molecule has 10 heteroatoms. The summed E-state index contributed by atoms with van der Waals surface area (Å²) in [7, 11) is 1.56. The SMILES string of the molecule is COc1cccc2[nH]c(C(=O)NC(CC(C)C)C(=O)NC(C#N)Cn3c(=O)[nH]c4ccccc43)cc12. The van der Waals surface area contributed by atoms with E-state index in [2.05, 4.69) is 20.6 Å². The van der Waals surface area contributed by atoms with E-state index in [4.69, 9.17) is 4.74 Å². The molecule has 2 aromatic heterocycles. The summed E-state index contributed by atoms with van der Waals surface area (Å²) in [4.78, 5) is 44.4. The molecule has 186 valence electrons. The molecule has 0 bridgehead atoms. The normalized spacial score (nSPS) is 12.9. The molecular formula is C26H28N6O4. The minimum atomic E-state index is -0.974. The Hall–Kier alpha value is -4.52. The van der Waals surface area contributed by atoms with Crippen LogP contribution < -0.4 is 21.1 Å². The number of methoxy groups -OCH3 is 1. The van der Waals surface area contributed by atoms with Gasteiger partial charge in [0.2, 0.25) is 5.91 Å². The Balaban J connectivity index is 1.51. The molecule has 4 N–H and O–H groups in total. The lowest BCUT2D eigenvalue weighted by Crippen LogP contribution is -2.51. The van der Waals surface area contributed by atoms with E-state index in [-0.39, 0.29) is 18.2 Å². The molecule has 0 spiro atoms. The number of nitrogens with zero attached hydrogens (tertiary/aromatic N) is 2. The van der Waals surface area contributed by atoms with E-state index in [0.29, 0.717) is 28.9 Å². The summed E-state index contributed by atoms with van der Waals surface area (Å²) in [5.41, 5.74) is 1.94. The Morgan fingerprint density at radius 3 is 2.56 bits per heavy atom. The number of para-hydroxylation sites is 2. The molecule has 0 aliphatic carbocycles. The van der Waals surface area contributed by atoms with Gasteiger partial charge in [0.15, 0.2) is 0 Å². The Kier molecular flexibility index (Phi) is 7.10. The lowest BCUT2D eigenvalue weighted by Gasteiger charge is -2.22. The number of carbonyl (C=O) groups excluding carboxylic acids is 2. The van der Waals surface area contributed by atoms with Crippen molar-refractivity contribution < 1.29 is 14.3 Å².